The number of hydrogen-bond acceptors (Lipinski definition) is 5. The van der Waals surface area contributed by atoms with Crippen molar-refractivity contribution in [2.45, 2.75) is 6.92 Å². The number of carbonyl (C=O) groups is 1. The van der Waals surface area contributed by atoms with Crippen molar-refractivity contribution < 1.29 is 24.1 Å². The molecule has 0 saturated carbocycles. The van der Waals surface area contributed by atoms with Gasteiger partial charge in [0.2, 0.25) is 0 Å². The van der Waals surface area contributed by atoms with Gasteiger partial charge in [-0.05, 0) is 61.5 Å². The molecule has 7 nitrogen and oxygen atoms in total. The molecule has 0 amide bonds. The second-order valence-corrected chi connectivity index (χ2v) is 7.96. The standard InChI is InChI=1S/C26H23ClN2O5/c1-16-7-12-23(34-15-25(30)31)20(13-16)21-14-22(19-5-4-6-24(32-2)26(19)33-3)29(28-21)18-10-8-17(27)9-11-18/h4-14H,15H2,1-3H3,(H,30,31). The molecule has 0 aliphatic carbocycles. The van der Waals surface area contributed by atoms with Gasteiger partial charge < -0.3 is 19.3 Å². The third kappa shape index (κ3) is 4.70. The van der Waals surface area contributed by atoms with E-state index in [2.05, 4.69) is 0 Å². The molecular formula is C26H23ClN2O5. The molecule has 8 heteroatoms. The van der Waals surface area contributed by atoms with Crippen molar-refractivity contribution in [3.05, 3.63) is 77.3 Å². The molecule has 174 valence electrons. The molecule has 0 fully saturated rings. The van der Waals surface area contributed by atoms with Crippen molar-refractivity contribution in [1.82, 2.24) is 9.78 Å². The van der Waals surface area contributed by atoms with Crippen LogP contribution in [0.15, 0.2) is 66.7 Å². The minimum absolute atomic E-state index is 0.429. The van der Waals surface area contributed by atoms with Crippen LogP contribution in [0.1, 0.15) is 5.56 Å². The molecule has 1 N–H and O–H groups in total. The van der Waals surface area contributed by atoms with Gasteiger partial charge in [-0.3, -0.25) is 0 Å². The van der Waals surface area contributed by atoms with Crippen LogP contribution < -0.4 is 14.2 Å². The predicted molar refractivity (Wildman–Crippen MR) is 130 cm³/mol. The highest BCUT2D eigenvalue weighted by Crippen LogP contribution is 2.41. The van der Waals surface area contributed by atoms with Crippen LogP contribution in [-0.4, -0.2) is 41.7 Å². The van der Waals surface area contributed by atoms with Crippen molar-refractivity contribution in [3.8, 4) is 45.5 Å². The first-order valence-corrected chi connectivity index (χ1v) is 10.8. The van der Waals surface area contributed by atoms with Crippen LogP contribution in [0.2, 0.25) is 5.02 Å². The van der Waals surface area contributed by atoms with Gasteiger partial charge in [0, 0.05) is 16.1 Å². The maximum atomic E-state index is 11.1. The Morgan fingerprint density at radius 1 is 0.971 bits per heavy atom. The van der Waals surface area contributed by atoms with E-state index in [-0.39, 0.29) is 0 Å². The highest BCUT2D eigenvalue weighted by atomic mass is 35.5. The third-order valence-electron chi connectivity index (χ3n) is 5.22. The molecule has 4 aromatic rings. The zero-order chi connectivity index (χ0) is 24.2. The Bertz CT molecular complexity index is 1330. The van der Waals surface area contributed by atoms with Gasteiger partial charge in [-0.15, -0.1) is 0 Å². The van der Waals surface area contributed by atoms with Gasteiger partial charge in [0.05, 0.1) is 31.3 Å². The highest BCUT2D eigenvalue weighted by Gasteiger charge is 2.21. The minimum atomic E-state index is -1.06. The van der Waals surface area contributed by atoms with Gasteiger partial charge in [0.15, 0.2) is 18.1 Å². The number of para-hydroxylation sites is 1. The zero-order valence-corrected chi connectivity index (χ0v) is 19.7. The number of ether oxygens (including phenoxy) is 3. The minimum Gasteiger partial charge on any atom is -0.493 e. The second-order valence-electron chi connectivity index (χ2n) is 7.53. The largest absolute Gasteiger partial charge is 0.493 e. The fraction of sp³-hybridized carbons (Fsp3) is 0.154. The van der Waals surface area contributed by atoms with Crippen molar-refractivity contribution in [2.24, 2.45) is 0 Å². The summed E-state index contributed by atoms with van der Waals surface area (Å²) in [5.74, 6) is 0.530. The zero-order valence-electron chi connectivity index (χ0n) is 18.9. The molecule has 0 atom stereocenters. The molecule has 3 aromatic carbocycles. The Morgan fingerprint density at radius 3 is 2.41 bits per heavy atom. The molecule has 0 spiro atoms. The first-order valence-electron chi connectivity index (χ1n) is 10.4. The lowest BCUT2D eigenvalue weighted by Crippen LogP contribution is -2.10. The number of rotatable bonds is 8. The Hall–Kier alpha value is -3.97. The lowest BCUT2D eigenvalue weighted by atomic mass is 10.0. The third-order valence-corrected chi connectivity index (χ3v) is 5.47. The number of aliphatic carboxylic acids is 1. The van der Waals surface area contributed by atoms with E-state index in [1.165, 1.54) is 0 Å². The number of nitrogens with zero attached hydrogens (tertiary/aromatic N) is 2. The van der Waals surface area contributed by atoms with Crippen LogP contribution in [0.25, 0.3) is 28.2 Å². The monoisotopic (exact) mass is 478 g/mol. The summed E-state index contributed by atoms with van der Waals surface area (Å²) >= 11 is 6.11. The summed E-state index contributed by atoms with van der Waals surface area (Å²) in [5, 5.41) is 14.6. The quantitative estimate of drug-likeness (QED) is 0.352. The van der Waals surface area contributed by atoms with Crippen molar-refractivity contribution >= 4 is 17.6 Å². The van der Waals surface area contributed by atoms with Crippen LogP contribution in [0, 0.1) is 6.92 Å². The van der Waals surface area contributed by atoms with Crippen LogP contribution in [0.3, 0.4) is 0 Å². The van der Waals surface area contributed by atoms with Crippen molar-refractivity contribution in [1.29, 1.82) is 0 Å². The molecule has 4 rings (SSSR count). The molecule has 34 heavy (non-hydrogen) atoms. The van der Waals surface area contributed by atoms with Crippen LogP contribution >= 0.6 is 11.6 Å². The molecule has 1 heterocycles. The number of carboxylic acid groups (broad SMARTS) is 1. The van der Waals surface area contributed by atoms with Crippen molar-refractivity contribution in [3.63, 3.8) is 0 Å². The maximum absolute atomic E-state index is 11.1. The normalized spacial score (nSPS) is 10.7. The van der Waals surface area contributed by atoms with Gasteiger partial charge >= 0.3 is 5.97 Å². The average Bonchev–Trinajstić information content (AvgIpc) is 3.28. The summed E-state index contributed by atoms with van der Waals surface area (Å²) in [6.07, 6.45) is 0. The van der Waals surface area contributed by atoms with E-state index < -0.39 is 12.6 Å². The molecule has 0 bridgehead atoms. The smallest absolute Gasteiger partial charge is 0.341 e. The summed E-state index contributed by atoms with van der Waals surface area (Å²) in [4.78, 5) is 11.1. The summed E-state index contributed by atoms with van der Waals surface area (Å²) in [7, 11) is 3.17. The number of carboxylic acids is 1. The number of aryl methyl sites for hydroxylation is 1. The Labute approximate surface area is 202 Å². The average molecular weight is 479 g/mol. The molecular weight excluding hydrogens is 456 g/mol. The van der Waals surface area contributed by atoms with E-state index in [0.29, 0.717) is 33.5 Å². The molecule has 0 aliphatic heterocycles. The fourth-order valence-electron chi connectivity index (χ4n) is 3.68. The topological polar surface area (TPSA) is 82.8 Å². The van der Waals surface area contributed by atoms with E-state index in [1.807, 2.05) is 55.5 Å². The van der Waals surface area contributed by atoms with Crippen LogP contribution in [-0.2, 0) is 4.79 Å². The Kier molecular flexibility index (Phi) is 6.75. The first-order chi connectivity index (χ1) is 16.4. The molecule has 1 aromatic heterocycles. The fourth-order valence-corrected chi connectivity index (χ4v) is 3.81. The highest BCUT2D eigenvalue weighted by molar-refractivity contribution is 6.30. The lowest BCUT2D eigenvalue weighted by Gasteiger charge is -2.14. The molecule has 0 radical (unpaired) electrons. The van der Waals surface area contributed by atoms with Gasteiger partial charge in [0.25, 0.3) is 0 Å². The molecule has 0 aliphatic rings. The van der Waals surface area contributed by atoms with Crippen LogP contribution in [0.5, 0.6) is 17.2 Å². The summed E-state index contributed by atoms with van der Waals surface area (Å²) in [5.41, 5.74) is 4.58. The van der Waals surface area contributed by atoms with Gasteiger partial charge in [-0.25, -0.2) is 9.48 Å². The van der Waals surface area contributed by atoms with E-state index in [0.717, 1.165) is 22.5 Å². The number of methoxy groups -OCH3 is 2. The van der Waals surface area contributed by atoms with Gasteiger partial charge in [0.1, 0.15) is 5.75 Å². The first kappa shape index (κ1) is 23.2. The number of aromatic nitrogens is 2. The predicted octanol–water partition coefficient (Wildman–Crippen LogP) is 5.65. The maximum Gasteiger partial charge on any atom is 0.341 e. The number of hydrogen-bond donors (Lipinski definition) is 1. The lowest BCUT2D eigenvalue weighted by molar-refractivity contribution is -0.139. The van der Waals surface area contributed by atoms with E-state index in [1.54, 1.807) is 37.1 Å². The number of halogens is 1. The summed E-state index contributed by atoms with van der Waals surface area (Å²) < 4.78 is 18.5. The van der Waals surface area contributed by atoms with E-state index >= 15 is 0 Å². The van der Waals surface area contributed by atoms with Gasteiger partial charge in [-0.2, -0.15) is 5.10 Å². The summed E-state index contributed by atoms with van der Waals surface area (Å²) in [6.45, 7) is 1.50. The summed E-state index contributed by atoms with van der Waals surface area (Å²) in [6, 6.07) is 20.4. The van der Waals surface area contributed by atoms with Gasteiger partial charge in [-0.1, -0.05) is 29.3 Å². The van der Waals surface area contributed by atoms with Crippen molar-refractivity contribution in [2.75, 3.05) is 20.8 Å². The van der Waals surface area contributed by atoms with E-state index in [9.17, 15) is 4.79 Å². The molecule has 0 saturated heterocycles. The SMILES string of the molecule is COc1cccc(-c2cc(-c3cc(C)ccc3OCC(=O)O)nn2-c2ccc(Cl)cc2)c1OC. The second kappa shape index (κ2) is 9.89. The Morgan fingerprint density at radius 2 is 1.74 bits per heavy atom. The van der Waals surface area contributed by atoms with E-state index in [4.69, 9.17) is 36.0 Å². The van der Waals surface area contributed by atoms with Crippen LogP contribution in [0.4, 0.5) is 0 Å². The Balaban J connectivity index is 1.95. The number of benzene rings is 3. The molecule has 0 unspecified atom stereocenters.